The maximum Gasteiger partial charge on any atom is 0.265 e. The number of aromatic nitrogens is 1. The molecule has 0 aliphatic carbocycles. The van der Waals surface area contributed by atoms with Crippen molar-refractivity contribution >= 4 is 34.5 Å². The summed E-state index contributed by atoms with van der Waals surface area (Å²) in [7, 11) is 0. The lowest BCUT2D eigenvalue weighted by molar-refractivity contribution is -0.123. The monoisotopic (exact) mass is 485 g/mol. The molecule has 1 N–H and O–H groups in total. The number of rotatable bonds is 6. The van der Waals surface area contributed by atoms with Crippen LogP contribution in [-0.4, -0.2) is 29.9 Å². The predicted molar refractivity (Wildman–Crippen MR) is 136 cm³/mol. The minimum Gasteiger partial charge on any atom is -0.482 e. The van der Waals surface area contributed by atoms with E-state index in [-0.39, 0.29) is 25.0 Å². The van der Waals surface area contributed by atoms with Crippen LogP contribution in [0, 0.1) is 13.8 Å². The third kappa shape index (κ3) is 5.02. The third-order valence-corrected chi connectivity index (χ3v) is 6.38. The molecular weight excluding hydrogens is 462 g/mol. The van der Waals surface area contributed by atoms with Crippen molar-refractivity contribution in [3.63, 3.8) is 0 Å². The summed E-state index contributed by atoms with van der Waals surface area (Å²) in [6.45, 7) is 3.74. The van der Waals surface area contributed by atoms with Crippen LogP contribution in [-0.2, 0) is 9.59 Å². The van der Waals surface area contributed by atoms with Gasteiger partial charge in [0.25, 0.3) is 5.91 Å². The molecule has 0 spiro atoms. The normalized spacial score (nSPS) is 12.6. The van der Waals surface area contributed by atoms with Crippen LogP contribution in [0.4, 0.5) is 11.4 Å². The minimum atomic E-state index is -0.311. The van der Waals surface area contributed by atoms with Gasteiger partial charge < -0.3 is 14.8 Å². The summed E-state index contributed by atoms with van der Waals surface area (Å²) >= 11 is 1.62. The standard InChI is InChI=1S/C27H23N3O4S/c1-17-27(28-18(2)35-17)19-8-13-24-23(14-19)30(26(32)16-33-24)15-25(31)29-20-9-11-22(12-10-20)34-21-6-4-3-5-7-21/h3-14H,15-16H2,1-2H3,(H,29,31). The molecule has 0 radical (unpaired) electrons. The fourth-order valence-corrected chi connectivity index (χ4v) is 4.73. The molecule has 3 aromatic carbocycles. The number of carbonyl (C=O) groups excluding carboxylic acids is 2. The van der Waals surface area contributed by atoms with E-state index < -0.39 is 0 Å². The first-order valence-corrected chi connectivity index (χ1v) is 11.9. The Morgan fingerprint density at radius 3 is 2.51 bits per heavy atom. The van der Waals surface area contributed by atoms with Crippen molar-refractivity contribution in [3.05, 3.63) is 82.7 Å². The Bertz CT molecular complexity index is 1380. The summed E-state index contributed by atoms with van der Waals surface area (Å²) in [5, 5.41) is 3.82. The van der Waals surface area contributed by atoms with Gasteiger partial charge in [-0.05, 0) is 68.4 Å². The number of nitrogens with zero attached hydrogens (tertiary/aromatic N) is 2. The zero-order valence-corrected chi connectivity index (χ0v) is 20.1. The Balaban J connectivity index is 1.30. The average molecular weight is 486 g/mol. The molecule has 35 heavy (non-hydrogen) atoms. The first kappa shape index (κ1) is 22.6. The number of hydrogen-bond acceptors (Lipinski definition) is 6. The number of carbonyl (C=O) groups is 2. The van der Waals surface area contributed by atoms with E-state index in [1.807, 2.05) is 62.4 Å². The molecule has 0 bridgehead atoms. The lowest BCUT2D eigenvalue weighted by Gasteiger charge is -2.29. The van der Waals surface area contributed by atoms with Gasteiger partial charge in [-0.3, -0.25) is 14.5 Å². The molecule has 8 heteroatoms. The summed E-state index contributed by atoms with van der Waals surface area (Å²) in [5.41, 5.74) is 2.92. The van der Waals surface area contributed by atoms with Gasteiger partial charge in [0, 0.05) is 16.1 Å². The molecule has 0 saturated carbocycles. The second kappa shape index (κ2) is 9.60. The summed E-state index contributed by atoms with van der Waals surface area (Å²) in [4.78, 5) is 32.7. The second-order valence-corrected chi connectivity index (χ2v) is 9.48. The number of aryl methyl sites for hydroxylation is 2. The van der Waals surface area contributed by atoms with Crippen molar-refractivity contribution in [2.75, 3.05) is 23.4 Å². The molecule has 2 heterocycles. The van der Waals surface area contributed by atoms with Gasteiger partial charge in [-0.15, -0.1) is 11.3 Å². The van der Waals surface area contributed by atoms with Gasteiger partial charge in [-0.25, -0.2) is 4.98 Å². The average Bonchev–Trinajstić information content (AvgIpc) is 3.20. The molecular formula is C27H23N3O4S. The smallest absolute Gasteiger partial charge is 0.265 e. The fraction of sp³-hybridized carbons (Fsp3) is 0.148. The number of fused-ring (bicyclic) bond motifs is 1. The van der Waals surface area contributed by atoms with Crippen molar-refractivity contribution in [2.45, 2.75) is 13.8 Å². The zero-order valence-electron chi connectivity index (χ0n) is 19.3. The molecule has 0 atom stereocenters. The molecule has 1 aromatic heterocycles. The van der Waals surface area contributed by atoms with Gasteiger partial charge in [0.2, 0.25) is 5.91 Å². The number of thiazole rings is 1. The van der Waals surface area contributed by atoms with Gasteiger partial charge in [-0.2, -0.15) is 0 Å². The van der Waals surface area contributed by atoms with E-state index in [0.29, 0.717) is 22.9 Å². The lowest BCUT2D eigenvalue weighted by atomic mass is 10.1. The summed E-state index contributed by atoms with van der Waals surface area (Å²) in [5.74, 6) is 1.37. The number of nitrogens with one attached hydrogen (secondary N) is 1. The van der Waals surface area contributed by atoms with Crippen LogP contribution in [0.5, 0.6) is 17.2 Å². The Labute approximate surface area is 207 Å². The summed E-state index contributed by atoms with van der Waals surface area (Å²) < 4.78 is 11.4. The van der Waals surface area contributed by atoms with Crippen molar-refractivity contribution in [1.82, 2.24) is 4.98 Å². The van der Waals surface area contributed by atoms with Crippen LogP contribution in [0.3, 0.4) is 0 Å². The maximum atomic E-state index is 12.8. The lowest BCUT2D eigenvalue weighted by Crippen LogP contribution is -2.43. The Hall–Kier alpha value is -4.17. The van der Waals surface area contributed by atoms with E-state index in [2.05, 4.69) is 10.3 Å². The summed E-state index contributed by atoms with van der Waals surface area (Å²) in [6, 6.07) is 22.1. The van der Waals surface area contributed by atoms with Crippen molar-refractivity contribution in [1.29, 1.82) is 0 Å². The van der Waals surface area contributed by atoms with Gasteiger partial charge in [0.1, 0.15) is 23.8 Å². The van der Waals surface area contributed by atoms with E-state index in [1.54, 1.807) is 35.6 Å². The van der Waals surface area contributed by atoms with Crippen LogP contribution in [0.1, 0.15) is 9.88 Å². The fourth-order valence-electron chi connectivity index (χ4n) is 3.89. The Morgan fingerprint density at radius 1 is 1.06 bits per heavy atom. The Kier molecular flexibility index (Phi) is 6.20. The highest BCUT2D eigenvalue weighted by atomic mass is 32.1. The molecule has 5 rings (SSSR count). The Morgan fingerprint density at radius 2 is 1.80 bits per heavy atom. The van der Waals surface area contributed by atoms with Crippen molar-refractivity contribution in [2.24, 2.45) is 0 Å². The summed E-state index contributed by atoms with van der Waals surface area (Å²) in [6.07, 6.45) is 0. The van der Waals surface area contributed by atoms with E-state index in [4.69, 9.17) is 9.47 Å². The molecule has 7 nitrogen and oxygen atoms in total. The van der Waals surface area contributed by atoms with E-state index in [1.165, 1.54) is 4.90 Å². The first-order valence-electron chi connectivity index (χ1n) is 11.1. The highest BCUT2D eigenvalue weighted by molar-refractivity contribution is 7.11. The van der Waals surface area contributed by atoms with Crippen LogP contribution >= 0.6 is 11.3 Å². The van der Waals surface area contributed by atoms with Gasteiger partial charge in [-0.1, -0.05) is 18.2 Å². The molecule has 1 aliphatic rings. The molecule has 0 saturated heterocycles. The number of para-hydroxylation sites is 1. The number of hydrogen-bond donors (Lipinski definition) is 1. The van der Waals surface area contributed by atoms with Crippen LogP contribution in [0.15, 0.2) is 72.8 Å². The van der Waals surface area contributed by atoms with Gasteiger partial charge in [0.15, 0.2) is 6.61 Å². The number of ether oxygens (including phenoxy) is 2. The quantitative estimate of drug-likeness (QED) is 0.385. The molecule has 2 amide bonds. The molecule has 0 unspecified atom stereocenters. The number of amides is 2. The first-order chi connectivity index (χ1) is 17.0. The molecule has 1 aliphatic heterocycles. The van der Waals surface area contributed by atoms with Crippen LogP contribution in [0.2, 0.25) is 0 Å². The number of anilines is 2. The minimum absolute atomic E-state index is 0.111. The zero-order chi connectivity index (χ0) is 24.4. The largest absolute Gasteiger partial charge is 0.482 e. The van der Waals surface area contributed by atoms with E-state index in [9.17, 15) is 9.59 Å². The topological polar surface area (TPSA) is 80.8 Å². The van der Waals surface area contributed by atoms with E-state index in [0.717, 1.165) is 26.9 Å². The van der Waals surface area contributed by atoms with Crippen LogP contribution < -0.4 is 19.7 Å². The SMILES string of the molecule is Cc1nc(-c2ccc3c(c2)N(CC(=O)Nc2ccc(Oc4ccccc4)cc2)C(=O)CO3)c(C)s1. The number of benzene rings is 3. The maximum absolute atomic E-state index is 12.8. The van der Waals surface area contributed by atoms with Crippen molar-refractivity contribution in [3.8, 4) is 28.5 Å². The molecule has 4 aromatic rings. The second-order valence-electron chi connectivity index (χ2n) is 8.08. The van der Waals surface area contributed by atoms with E-state index >= 15 is 0 Å². The molecule has 176 valence electrons. The molecule has 0 fully saturated rings. The van der Waals surface area contributed by atoms with Gasteiger partial charge in [0.05, 0.1) is 16.4 Å². The van der Waals surface area contributed by atoms with Gasteiger partial charge >= 0.3 is 0 Å². The highest BCUT2D eigenvalue weighted by Gasteiger charge is 2.28. The third-order valence-electron chi connectivity index (χ3n) is 5.50. The predicted octanol–water partition coefficient (Wildman–Crippen LogP) is 5.58. The highest BCUT2D eigenvalue weighted by Crippen LogP contribution is 2.37. The van der Waals surface area contributed by atoms with Crippen molar-refractivity contribution < 1.29 is 19.1 Å². The van der Waals surface area contributed by atoms with Crippen LogP contribution in [0.25, 0.3) is 11.3 Å².